The Balaban J connectivity index is 2.04. The van der Waals surface area contributed by atoms with Crippen molar-refractivity contribution in [2.75, 3.05) is 18.2 Å². The van der Waals surface area contributed by atoms with Gasteiger partial charge in [0.1, 0.15) is 18.3 Å². The molecule has 86 valence electrons. The van der Waals surface area contributed by atoms with Crippen LogP contribution in [-0.4, -0.2) is 24.5 Å². The molecular weight excluding hydrogens is 206 g/mol. The minimum atomic E-state index is 0.138. The van der Waals surface area contributed by atoms with E-state index in [0.29, 0.717) is 5.82 Å². The molecule has 3 N–H and O–H groups in total. The van der Waals surface area contributed by atoms with Crippen molar-refractivity contribution < 1.29 is 4.74 Å². The molecule has 0 amide bonds. The molecule has 0 spiro atoms. The van der Waals surface area contributed by atoms with E-state index in [1.165, 1.54) is 11.3 Å². The van der Waals surface area contributed by atoms with Gasteiger partial charge in [0, 0.05) is 6.54 Å². The quantitative estimate of drug-likeness (QED) is 0.247. The van der Waals surface area contributed by atoms with Gasteiger partial charge in [-0.15, -0.1) is 0 Å². The summed E-state index contributed by atoms with van der Waals surface area (Å²) in [6.07, 6.45) is 1.63. The number of ether oxygens (including phenoxy) is 1. The van der Waals surface area contributed by atoms with E-state index in [2.05, 4.69) is 15.5 Å². The Bertz CT molecular complexity index is 377. The third-order valence-corrected chi connectivity index (χ3v) is 2.12. The third-order valence-electron chi connectivity index (χ3n) is 2.12. The minimum Gasteiger partial charge on any atom is -0.366 e. The Hall–Kier alpha value is -1.66. The molecule has 0 bridgehead atoms. The molecule has 2 rings (SSSR count). The lowest BCUT2D eigenvalue weighted by atomic mass is 10.3. The summed E-state index contributed by atoms with van der Waals surface area (Å²) in [7, 11) is 0. The van der Waals surface area contributed by atoms with E-state index in [1.807, 2.05) is 25.1 Å². The summed E-state index contributed by atoms with van der Waals surface area (Å²) in [5, 5.41) is 5.28. The average molecular weight is 221 g/mol. The van der Waals surface area contributed by atoms with Crippen molar-refractivity contribution in [3.63, 3.8) is 0 Å². The summed E-state index contributed by atoms with van der Waals surface area (Å²) in [5.41, 5.74) is 3.70. The molecule has 1 aromatic rings. The molecule has 6 nitrogen and oxygen atoms in total. The molecule has 0 aromatic carbocycles. The van der Waals surface area contributed by atoms with Gasteiger partial charge in [0.2, 0.25) is 0 Å². The Morgan fingerprint density at radius 2 is 2.56 bits per heavy atom. The molecular formula is C10H15N5O. The first-order valence-electron chi connectivity index (χ1n) is 5.20. The topological polar surface area (TPSA) is 79.1 Å². The highest BCUT2D eigenvalue weighted by Crippen LogP contribution is 2.28. The Labute approximate surface area is 94.1 Å². The van der Waals surface area contributed by atoms with Gasteiger partial charge in [-0.1, -0.05) is 6.07 Å². The summed E-state index contributed by atoms with van der Waals surface area (Å²) in [6.45, 7) is 3.46. The van der Waals surface area contributed by atoms with Gasteiger partial charge in [0.25, 0.3) is 0 Å². The molecule has 6 heteroatoms. The second kappa shape index (κ2) is 4.91. The number of rotatable bonds is 5. The van der Waals surface area contributed by atoms with Crippen LogP contribution in [0, 0.1) is 0 Å². The number of nitrogens with one attached hydrogen (secondary N) is 1. The number of hydrazine groups is 1. The van der Waals surface area contributed by atoms with E-state index < -0.39 is 0 Å². The number of pyridine rings is 1. The first-order chi connectivity index (χ1) is 7.81. The van der Waals surface area contributed by atoms with Crippen molar-refractivity contribution in [1.82, 2.24) is 10.4 Å². The van der Waals surface area contributed by atoms with E-state index in [9.17, 15) is 0 Å². The standard InChI is InChI=1S/C10H15N5O/c1-2-12-13-7-15(11)10-5-3-4-8(14-10)9-6-16-9/h3-5,7,9,12H,2,6,11H2,1H3/b13-7-/t9-/m1/s1. The zero-order valence-corrected chi connectivity index (χ0v) is 9.13. The summed E-state index contributed by atoms with van der Waals surface area (Å²) in [4.78, 5) is 4.37. The predicted octanol–water partition coefficient (Wildman–Crippen LogP) is 0.386. The normalized spacial score (nSPS) is 18.8. The molecule has 1 atom stereocenters. The van der Waals surface area contributed by atoms with Gasteiger partial charge in [0.15, 0.2) is 0 Å². The Morgan fingerprint density at radius 1 is 1.75 bits per heavy atom. The first-order valence-corrected chi connectivity index (χ1v) is 5.20. The molecule has 1 fully saturated rings. The van der Waals surface area contributed by atoms with Crippen molar-refractivity contribution in [2.45, 2.75) is 13.0 Å². The molecule has 16 heavy (non-hydrogen) atoms. The summed E-state index contributed by atoms with van der Waals surface area (Å²) in [6, 6.07) is 5.65. The summed E-state index contributed by atoms with van der Waals surface area (Å²) >= 11 is 0. The summed E-state index contributed by atoms with van der Waals surface area (Å²) in [5.74, 6) is 6.41. The lowest BCUT2D eigenvalue weighted by Gasteiger charge is -2.11. The van der Waals surface area contributed by atoms with Crippen molar-refractivity contribution in [3.8, 4) is 0 Å². The Kier molecular flexibility index (Phi) is 3.33. The molecule has 1 aliphatic heterocycles. The SMILES string of the molecule is CCN/N=C\N(N)c1cccc([C@H]2CO2)n1. The molecule has 0 aliphatic carbocycles. The molecule has 1 aliphatic rings. The second-order valence-corrected chi connectivity index (χ2v) is 3.41. The van der Waals surface area contributed by atoms with E-state index in [-0.39, 0.29) is 6.10 Å². The fourth-order valence-electron chi connectivity index (χ4n) is 1.24. The van der Waals surface area contributed by atoms with E-state index >= 15 is 0 Å². The van der Waals surface area contributed by atoms with Gasteiger partial charge >= 0.3 is 0 Å². The highest BCUT2D eigenvalue weighted by Gasteiger charge is 2.26. The fraction of sp³-hybridized carbons (Fsp3) is 0.400. The number of anilines is 1. The number of hydrogen-bond acceptors (Lipinski definition) is 5. The monoisotopic (exact) mass is 221 g/mol. The van der Waals surface area contributed by atoms with Gasteiger partial charge in [-0.2, -0.15) is 5.10 Å². The average Bonchev–Trinajstić information content (AvgIpc) is 3.13. The van der Waals surface area contributed by atoms with Crippen LogP contribution >= 0.6 is 0 Å². The van der Waals surface area contributed by atoms with Crippen LogP contribution in [0.15, 0.2) is 23.3 Å². The first kappa shape index (κ1) is 10.8. The maximum atomic E-state index is 5.77. The maximum Gasteiger partial charge on any atom is 0.148 e. The van der Waals surface area contributed by atoms with E-state index in [1.54, 1.807) is 0 Å². The molecule has 2 heterocycles. The van der Waals surface area contributed by atoms with Crippen molar-refractivity contribution in [2.24, 2.45) is 10.9 Å². The van der Waals surface area contributed by atoms with Gasteiger partial charge in [0.05, 0.1) is 12.3 Å². The van der Waals surface area contributed by atoms with Crippen LogP contribution < -0.4 is 16.3 Å². The predicted molar refractivity (Wildman–Crippen MR) is 61.8 cm³/mol. The van der Waals surface area contributed by atoms with Crippen LogP contribution in [0.2, 0.25) is 0 Å². The molecule has 1 aromatic heterocycles. The van der Waals surface area contributed by atoms with Crippen LogP contribution in [0.1, 0.15) is 18.7 Å². The number of nitrogens with two attached hydrogens (primary N) is 1. The number of hydrogen-bond donors (Lipinski definition) is 2. The number of hydrazone groups is 1. The van der Waals surface area contributed by atoms with Crippen molar-refractivity contribution in [1.29, 1.82) is 0 Å². The summed E-state index contributed by atoms with van der Waals surface area (Å²) < 4.78 is 5.16. The largest absolute Gasteiger partial charge is 0.366 e. The molecule has 0 unspecified atom stereocenters. The van der Waals surface area contributed by atoms with Gasteiger partial charge in [-0.25, -0.2) is 15.8 Å². The zero-order chi connectivity index (χ0) is 11.4. The van der Waals surface area contributed by atoms with Gasteiger partial charge in [-0.05, 0) is 19.1 Å². The molecule has 1 saturated heterocycles. The Morgan fingerprint density at radius 3 is 3.25 bits per heavy atom. The highest BCUT2D eigenvalue weighted by molar-refractivity contribution is 5.75. The van der Waals surface area contributed by atoms with Gasteiger partial charge in [-0.3, -0.25) is 0 Å². The lowest BCUT2D eigenvalue weighted by molar-refractivity contribution is 0.411. The van der Waals surface area contributed by atoms with Crippen LogP contribution in [0.25, 0.3) is 0 Å². The van der Waals surface area contributed by atoms with Gasteiger partial charge < -0.3 is 10.2 Å². The third kappa shape index (κ3) is 2.68. The van der Waals surface area contributed by atoms with Crippen LogP contribution in [-0.2, 0) is 4.74 Å². The van der Waals surface area contributed by atoms with Crippen LogP contribution in [0.5, 0.6) is 0 Å². The number of epoxide rings is 1. The number of nitrogens with zero attached hydrogens (tertiary/aromatic N) is 3. The zero-order valence-electron chi connectivity index (χ0n) is 9.13. The lowest BCUT2D eigenvalue weighted by Crippen LogP contribution is -2.31. The fourth-order valence-corrected chi connectivity index (χ4v) is 1.24. The highest BCUT2D eigenvalue weighted by atomic mass is 16.6. The molecule has 0 radical (unpaired) electrons. The van der Waals surface area contributed by atoms with Crippen molar-refractivity contribution >= 4 is 12.2 Å². The van der Waals surface area contributed by atoms with E-state index in [4.69, 9.17) is 10.6 Å². The van der Waals surface area contributed by atoms with Crippen molar-refractivity contribution in [3.05, 3.63) is 23.9 Å². The number of aromatic nitrogens is 1. The van der Waals surface area contributed by atoms with E-state index in [0.717, 1.165) is 18.8 Å². The molecule has 0 saturated carbocycles. The van der Waals surface area contributed by atoms with Crippen LogP contribution in [0.4, 0.5) is 5.82 Å². The van der Waals surface area contributed by atoms with Crippen LogP contribution in [0.3, 0.4) is 0 Å². The maximum absolute atomic E-state index is 5.77. The second-order valence-electron chi connectivity index (χ2n) is 3.41. The minimum absolute atomic E-state index is 0.138. The smallest absolute Gasteiger partial charge is 0.148 e.